The van der Waals surface area contributed by atoms with Crippen LogP contribution in [0, 0.1) is 5.82 Å². The second kappa shape index (κ2) is 6.71. The van der Waals surface area contributed by atoms with Gasteiger partial charge < -0.3 is 9.26 Å². The number of methoxy groups -OCH3 is 1. The maximum Gasteiger partial charge on any atom is 0.243 e. The van der Waals surface area contributed by atoms with Gasteiger partial charge in [-0.15, -0.1) is 0 Å². The van der Waals surface area contributed by atoms with Crippen molar-refractivity contribution >= 4 is 10.0 Å². The van der Waals surface area contributed by atoms with Crippen LogP contribution in [0.25, 0.3) is 11.4 Å². The molecule has 0 aliphatic carbocycles. The predicted molar refractivity (Wildman–Crippen MR) is 92.0 cm³/mol. The van der Waals surface area contributed by atoms with Gasteiger partial charge >= 0.3 is 0 Å². The summed E-state index contributed by atoms with van der Waals surface area (Å²) >= 11 is 0. The van der Waals surface area contributed by atoms with E-state index in [4.69, 9.17) is 9.26 Å². The lowest BCUT2D eigenvalue weighted by molar-refractivity contribution is 0.216. The minimum absolute atomic E-state index is 0.00997. The molecule has 1 saturated heterocycles. The summed E-state index contributed by atoms with van der Waals surface area (Å²) in [6.07, 6.45) is 3.26. The fourth-order valence-corrected chi connectivity index (χ4v) is 4.30. The van der Waals surface area contributed by atoms with E-state index in [0.717, 1.165) is 6.07 Å². The van der Waals surface area contributed by atoms with Crippen molar-refractivity contribution in [3.05, 3.63) is 54.4 Å². The van der Waals surface area contributed by atoms with Crippen LogP contribution in [-0.2, 0) is 10.0 Å². The number of rotatable bonds is 5. The third-order valence-corrected chi connectivity index (χ3v) is 6.15. The second-order valence-electron chi connectivity index (χ2n) is 6.01. The van der Waals surface area contributed by atoms with E-state index in [9.17, 15) is 12.8 Å². The molecule has 0 amide bonds. The van der Waals surface area contributed by atoms with Crippen molar-refractivity contribution in [1.29, 1.82) is 0 Å². The standard InChI is InChI=1S/C17H15FN4O4S/c1-25-15-5-4-13(7-14(15)18)27(23,24)22-9-12(10-22)17-20-16(21-26-17)11-3-2-6-19-8-11/h2-8,12H,9-10H2,1H3. The van der Waals surface area contributed by atoms with Crippen LogP contribution in [0.2, 0.25) is 0 Å². The van der Waals surface area contributed by atoms with Gasteiger partial charge in [-0.3, -0.25) is 4.98 Å². The minimum atomic E-state index is -3.80. The molecular weight excluding hydrogens is 375 g/mol. The van der Waals surface area contributed by atoms with Crippen LogP contribution in [0.1, 0.15) is 11.8 Å². The van der Waals surface area contributed by atoms with Gasteiger partial charge in [-0.2, -0.15) is 9.29 Å². The summed E-state index contributed by atoms with van der Waals surface area (Å²) in [5, 5.41) is 3.91. The topological polar surface area (TPSA) is 98.4 Å². The van der Waals surface area contributed by atoms with E-state index in [2.05, 4.69) is 15.1 Å². The lowest BCUT2D eigenvalue weighted by atomic mass is 10.0. The summed E-state index contributed by atoms with van der Waals surface area (Å²) in [7, 11) is -2.48. The summed E-state index contributed by atoms with van der Waals surface area (Å²) in [6, 6.07) is 7.12. The molecule has 4 rings (SSSR count). The number of nitrogens with zero attached hydrogens (tertiary/aromatic N) is 4. The molecule has 140 valence electrons. The molecule has 0 bridgehead atoms. The Hall–Kier alpha value is -2.85. The minimum Gasteiger partial charge on any atom is -0.494 e. The van der Waals surface area contributed by atoms with Gasteiger partial charge in [-0.05, 0) is 30.3 Å². The highest BCUT2D eigenvalue weighted by molar-refractivity contribution is 7.89. The molecule has 0 atom stereocenters. The van der Waals surface area contributed by atoms with Crippen molar-refractivity contribution in [2.75, 3.05) is 20.2 Å². The molecule has 2 aromatic heterocycles. The lowest BCUT2D eigenvalue weighted by Crippen LogP contribution is -2.48. The average Bonchev–Trinajstić information content (AvgIpc) is 3.10. The number of aromatic nitrogens is 3. The number of benzene rings is 1. The van der Waals surface area contributed by atoms with Gasteiger partial charge in [-0.1, -0.05) is 5.16 Å². The first-order valence-electron chi connectivity index (χ1n) is 8.06. The van der Waals surface area contributed by atoms with Crippen molar-refractivity contribution in [2.24, 2.45) is 0 Å². The summed E-state index contributed by atoms with van der Waals surface area (Å²) in [6.45, 7) is 0.370. The Bertz CT molecular complexity index is 1070. The molecule has 3 heterocycles. The molecule has 1 aromatic carbocycles. The third kappa shape index (κ3) is 3.17. The van der Waals surface area contributed by atoms with Gasteiger partial charge in [0.2, 0.25) is 21.7 Å². The van der Waals surface area contributed by atoms with Crippen LogP contribution >= 0.6 is 0 Å². The third-order valence-electron chi connectivity index (χ3n) is 4.32. The summed E-state index contributed by atoms with van der Waals surface area (Å²) < 4.78 is 50.4. The first-order valence-corrected chi connectivity index (χ1v) is 9.51. The first kappa shape index (κ1) is 17.6. The summed E-state index contributed by atoms with van der Waals surface area (Å²) in [5.74, 6) is -0.184. The van der Waals surface area contributed by atoms with Gasteiger partial charge in [-0.25, -0.2) is 12.8 Å². The normalized spacial score (nSPS) is 15.5. The van der Waals surface area contributed by atoms with E-state index in [1.807, 2.05) is 0 Å². The van der Waals surface area contributed by atoms with Crippen molar-refractivity contribution in [3.8, 4) is 17.1 Å². The Kier molecular flexibility index (Phi) is 4.36. The number of halogens is 1. The highest BCUT2D eigenvalue weighted by atomic mass is 32.2. The van der Waals surface area contributed by atoms with E-state index in [1.54, 1.807) is 24.5 Å². The Labute approximate surface area is 154 Å². The number of ether oxygens (including phenoxy) is 1. The van der Waals surface area contributed by atoms with Crippen LogP contribution < -0.4 is 4.74 Å². The van der Waals surface area contributed by atoms with Crippen LogP contribution in [0.15, 0.2) is 52.1 Å². The molecule has 0 saturated carbocycles. The number of pyridine rings is 1. The van der Waals surface area contributed by atoms with Crippen molar-refractivity contribution in [2.45, 2.75) is 10.8 Å². The predicted octanol–water partition coefficient (Wildman–Crippen LogP) is 2.07. The Morgan fingerprint density at radius 2 is 2.11 bits per heavy atom. The monoisotopic (exact) mass is 390 g/mol. The molecule has 1 aliphatic heterocycles. The van der Waals surface area contributed by atoms with Crippen LogP contribution in [0.3, 0.4) is 0 Å². The number of hydrogen-bond donors (Lipinski definition) is 0. The second-order valence-corrected chi connectivity index (χ2v) is 7.95. The molecule has 3 aromatic rings. The van der Waals surface area contributed by atoms with Gasteiger partial charge in [0, 0.05) is 31.0 Å². The van der Waals surface area contributed by atoms with Crippen molar-refractivity contribution < 1.29 is 22.1 Å². The molecule has 27 heavy (non-hydrogen) atoms. The maximum absolute atomic E-state index is 13.8. The molecule has 0 spiro atoms. The summed E-state index contributed by atoms with van der Waals surface area (Å²) in [4.78, 5) is 8.19. The zero-order valence-corrected chi connectivity index (χ0v) is 15.1. The lowest BCUT2D eigenvalue weighted by Gasteiger charge is -2.35. The Morgan fingerprint density at radius 3 is 2.78 bits per heavy atom. The molecule has 1 aliphatic rings. The molecule has 10 heteroatoms. The van der Waals surface area contributed by atoms with E-state index in [1.165, 1.54) is 23.5 Å². The zero-order valence-electron chi connectivity index (χ0n) is 14.2. The van der Waals surface area contributed by atoms with Crippen LogP contribution in [0.4, 0.5) is 4.39 Å². The summed E-state index contributed by atoms with van der Waals surface area (Å²) in [5.41, 5.74) is 0.713. The smallest absolute Gasteiger partial charge is 0.243 e. The molecule has 0 unspecified atom stereocenters. The maximum atomic E-state index is 13.8. The number of hydrogen-bond acceptors (Lipinski definition) is 7. The molecule has 0 radical (unpaired) electrons. The van der Waals surface area contributed by atoms with Crippen LogP contribution in [0.5, 0.6) is 5.75 Å². The molecule has 1 fully saturated rings. The van der Waals surface area contributed by atoms with Crippen molar-refractivity contribution in [3.63, 3.8) is 0 Å². The quantitative estimate of drug-likeness (QED) is 0.658. The molecule has 0 N–H and O–H groups in total. The van der Waals surface area contributed by atoms with E-state index < -0.39 is 15.8 Å². The molecular formula is C17H15FN4O4S. The average molecular weight is 390 g/mol. The largest absolute Gasteiger partial charge is 0.494 e. The Balaban J connectivity index is 1.47. The first-order chi connectivity index (χ1) is 13.0. The zero-order chi connectivity index (χ0) is 19.0. The van der Waals surface area contributed by atoms with E-state index in [0.29, 0.717) is 17.3 Å². The molecule has 8 nitrogen and oxygen atoms in total. The van der Waals surface area contributed by atoms with Gasteiger partial charge in [0.25, 0.3) is 0 Å². The SMILES string of the molecule is COc1ccc(S(=O)(=O)N2CC(c3nc(-c4cccnc4)no3)C2)cc1F. The van der Waals surface area contributed by atoms with Crippen LogP contribution in [-0.4, -0.2) is 48.0 Å². The fraction of sp³-hybridized carbons (Fsp3) is 0.235. The van der Waals surface area contributed by atoms with Crippen molar-refractivity contribution in [1.82, 2.24) is 19.4 Å². The Morgan fingerprint density at radius 1 is 1.30 bits per heavy atom. The van der Waals surface area contributed by atoms with Gasteiger partial charge in [0.05, 0.1) is 17.9 Å². The number of sulfonamides is 1. The van der Waals surface area contributed by atoms with E-state index >= 15 is 0 Å². The van der Waals surface area contributed by atoms with E-state index in [-0.39, 0.29) is 29.7 Å². The van der Waals surface area contributed by atoms with Gasteiger partial charge in [0.15, 0.2) is 11.6 Å². The highest BCUT2D eigenvalue weighted by Gasteiger charge is 2.40. The van der Waals surface area contributed by atoms with Gasteiger partial charge in [0.1, 0.15) is 0 Å². The highest BCUT2D eigenvalue weighted by Crippen LogP contribution is 2.33. The fourth-order valence-electron chi connectivity index (χ4n) is 2.76.